The van der Waals surface area contributed by atoms with Crippen molar-refractivity contribution in [2.24, 2.45) is 5.92 Å². The van der Waals surface area contributed by atoms with E-state index in [9.17, 15) is 14.7 Å². The molecule has 0 unspecified atom stereocenters. The molecule has 4 rings (SSSR count). The van der Waals surface area contributed by atoms with Gasteiger partial charge in [-0.2, -0.15) is 0 Å². The predicted octanol–water partition coefficient (Wildman–Crippen LogP) is 4.62. The van der Waals surface area contributed by atoms with Crippen LogP contribution in [0.15, 0.2) is 66.3 Å². The van der Waals surface area contributed by atoms with E-state index in [1.165, 1.54) is 0 Å². The van der Waals surface area contributed by atoms with Crippen molar-refractivity contribution in [2.75, 3.05) is 5.32 Å². The van der Waals surface area contributed by atoms with Gasteiger partial charge in [-0.25, -0.2) is 9.78 Å². The van der Waals surface area contributed by atoms with Gasteiger partial charge in [-0.05, 0) is 54.0 Å². The maximum atomic E-state index is 12.2. The number of fused-ring (bicyclic) bond motifs is 1. The maximum Gasteiger partial charge on any atom is 0.326 e. The molecule has 3 N–H and O–H groups in total. The smallest absolute Gasteiger partial charge is 0.326 e. The average Bonchev–Trinajstić information content (AvgIpc) is 3.13. The Morgan fingerprint density at radius 2 is 1.82 bits per heavy atom. The van der Waals surface area contributed by atoms with Crippen LogP contribution in [0.5, 0.6) is 0 Å². The third-order valence-electron chi connectivity index (χ3n) is 5.79. The number of aliphatic carboxylic acids is 1. The van der Waals surface area contributed by atoms with E-state index in [2.05, 4.69) is 34.4 Å². The van der Waals surface area contributed by atoms with Gasteiger partial charge in [0.1, 0.15) is 11.9 Å². The van der Waals surface area contributed by atoms with E-state index in [4.69, 9.17) is 0 Å². The number of pyridine rings is 2. The Kier molecular flexibility index (Phi) is 6.68. The van der Waals surface area contributed by atoms with Gasteiger partial charge in [0, 0.05) is 53.8 Å². The zero-order valence-electron chi connectivity index (χ0n) is 18.8. The summed E-state index contributed by atoms with van der Waals surface area (Å²) in [7, 11) is 0. The molecule has 0 saturated carbocycles. The lowest BCUT2D eigenvalue weighted by atomic mass is 10.0. The van der Waals surface area contributed by atoms with Gasteiger partial charge >= 0.3 is 5.97 Å². The SMILES string of the molecule is CC(C)CC1=C(N[C@@H](Cc2ccc(Nc3nccc4ccncc34)cc2)C(=O)O)CCC1=O. The summed E-state index contributed by atoms with van der Waals surface area (Å²) in [6.45, 7) is 4.12. The minimum absolute atomic E-state index is 0.128. The number of rotatable bonds is 9. The Labute approximate surface area is 193 Å². The predicted molar refractivity (Wildman–Crippen MR) is 128 cm³/mol. The van der Waals surface area contributed by atoms with E-state index in [1.807, 2.05) is 36.4 Å². The highest BCUT2D eigenvalue weighted by atomic mass is 16.4. The molecule has 170 valence electrons. The van der Waals surface area contributed by atoms with Gasteiger partial charge in [0.2, 0.25) is 0 Å². The summed E-state index contributed by atoms with van der Waals surface area (Å²) < 4.78 is 0. The Morgan fingerprint density at radius 3 is 2.55 bits per heavy atom. The summed E-state index contributed by atoms with van der Waals surface area (Å²) in [6.07, 6.45) is 7.30. The monoisotopic (exact) mass is 444 g/mol. The Balaban J connectivity index is 1.47. The van der Waals surface area contributed by atoms with Gasteiger partial charge in [-0.3, -0.25) is 9.78 Å². The van der Waals surface area contributed by atoms with Crippen molar-refractivity contribution in [3.8, 4) is 0 Å². The Morgan fingerprint density at radius 1 is 1.06 bits per heavy atom. The van der Waals surface area contributed by atoms with Crippen LogP contribution in [0.1, 0.15) is 38.7 Å². The first-order chi connectivity index (χ1) is 15.9. The summed E-state index contributed by atoms with van der Waals surface area (Å²) >= 11 is 0. The Hall–Kier alpha value is -3.74. The summed E-state index contributed by atoms with van der Waals surface area (Å²) in [5.74, 6) is 0.256. The first kappa shape index (κ1) is 22.5. The molecular formula is C26H28N4O3. The fraction of sp³-hybridized carbons (Fsp3) is 0.308. The van der Waals surface area contributed by atoms with Gasteiger partial charge in [0.25, 0.3) is 0 Å². The van der Waals surface area contributed by atoms with Crippen molar-refractivity contribution in [1.82, 2.24) is 15.3 Å². The lowest BCUT2D eigenvalue weighted by Crippen LogP contribution is -2.38. The molecular weight excluding hydrogens is 416 g/mol. The highest BCUT2D eigenvalue weighted by Gasteiger charge is 2.27. The molecule has 0 aliphatic heterocycles. The van der Waals surface area contributed by atoms with Crippen LogP contribution in [0, 0.1) is 5.92 Å². The van der Waals surface area contributed by atoms with E-state index in [0.717, 1.165) is 33.3 Å². The van der Waals surface area contributed by atoms with Gasteiger partial charge in [0.15, 0.2) is 5.78 Å². The Bertz CT molecular complexity index is 1200. The molecule has 2 aromatic heterocycles. The molecule has 0 saturated heterocycles. The topological polar surface area (TPSA) is 104 Å². The molecule has 1 aliphatic carbocycles. The number of nitrogens with zero attached hydrogens (tertiary/aromatic N) is 2. The van der Waals surface area contributed by atoms with Crippen LogP contribution in [0.3, 0.4) is 0 Å². The van der Waals surface area contributed by atoms with Gasteiger partial charge < -0.3 is 15.7 Å². The molecule has 7 heteroatoms. The third-order valence-corrected chi connectivity index (χ3v) is 5.79. The number of Topliss-reactive ketones (excluding diaryl/α,β-unsaturated/α-hetero) is 1. The van der Waals surface area contributed by atoms with Crippen LogP contribution in [0.25, 0.3) is 10.8 Å². The number of benzene rings is 1. The molecule has 3 aromatic rings. The van der Waals surface area contributed by atoms with Crippen LogP contribution in [-0.4, -0.2) is 32.9 Å². The quantitative estimate of drug-likeness (QED) is 0.442. The zero-order chi connectivity index (χ0) is 23.4. The van der Waals surface area contributed by atoms with Gasteiger partial charge in [-0.15, -0.1) is 0 Å². The second-order valence-electron chi connectivity index (χ2n) is 8.80. The minimum Gasteiger partial charge on any atom is -0.480 e. The number of nitrogens with one attached hydrogen (secondary N) is 2. The van der Waals surface area contributed by atoms with Crippen molar-refractivity contribution >= 4 is 34.0 Å². The molecule has 2 heterocycles. The molecule has 0 bridgehead atoms. The van der Waals surface area contributed by atoms with Crippen molar-refractivity contribution < 1.29 is 14.7 Å². The molecule has 33 heavy (non-hydrogen) atoms. The lowest BCUT2D eigenvalue weighted by Gasteiger charge is -2.19. The van der Waals surface area contributed by atoms with Gasteiger partial charge in [0.05, 0.1) is 0 Å². The van der Waals surface area contributed by atoms with Crippen molar-refractivity contribution in [3.05, 3.63) is 71.8 Å². The number of carboxylic acids is 1. The normalized spacial score (nSPS) is 14.7. The van der Waals surface area contributed by atoms with Gasteiger partial charge in [-0.1, -0.05) is 26.0 Å². The molecule has 0 spiro atoms. The molecule has 0 amide bonds. The zero-order valence-corrected chi connectivity index (χ0v) is 18.8. The van der Waals surface area contributed by atoms with Crippen LogP contribution in [-0.2, 0) is 16.0 Å². The van der Waals surface area contributed by atoms with Crippen LogP contribution in [0.2, 0.25) is 0 Å². The molecule has 1 aliphatic rings. The fourth-order valence-corrected chi connectivity index (χ4v) is 4.13. The summed E-state index contributed by atoms with van der Waals surface area (Å²) in [5.41, 5.74) is 3.29. The molecule has 1 aromatic carbocycles. The molecule has 0 radical (unpaired) electrons. The lowest BCUT2D eigenvalue weighted by molar-refractivity contribution is -0.139. The second kappa shape index (κ2) is 9.81. The van der Waals surface area contributed by atoms with E-state index < -0.39 is 12.0 Å². The summed E-state index contributed by atoms with van der Waals surface area (Å²) in [5, 5.41) is 18.2. The van der Waals surface area contributed by atoms with E-state index in [1.54, 1.807) is 18.6 Å². The molecule has 0 fully saturated rings. The third kappa shape index (κ3) is 5.37. The second-order valence-corrected chi connectivity index (χ2v) is 8.80. The first-order valence-electron chi connectivity index (χ1n) is 11.2. The van der Waals surface area contributed by atoms with Crippen LogP contribution in [0.4, 0.5) is 11.5 Å². The summed E-state index contributed by atoms with van der Waals surface area (Å²) in [6, 6.07) is 10.7. The number of allylic oxidation sites excluding steroid dienone is 2. The number of aromatic nitrogens is 2. The molecule has 7 nitrogen and oxygen atoms in total. The minimum atomic E-state index is -0.930. The number of carboxylic acid groups (broad SMARTS) is 1. The number of hydrogen-bond acceptors (Lipinski definition) is 6. The number of carbonyl (C=O) groups excluding carboxylic acids is 1. The van der Waals surface area contributed by atoms with E-state index >= 15 is 0 Å². The van der Waals surface area contributed by atoms with Crippen molar-refractivity contribution in [3.63, 3.8) is 0 Å². The highest BCUT2D eigenvalue weighted by molar-refractivity contribution is 5.98. The standard InChI is InChI=1S/C26H28N4O3/c1-16(2)13-20-22(7-8-24(20)31)30-23(26(32)33)14-17-3-5-19(6-4-17)29-25-21-15-27-11-9-18(21)10-12-28-25/h3-6,9-12,15-16,23,30H,7-8,13-14H2,1-2H3,(H,28,29)(H,32,33)/t23-/m0/s1. The first-order valence-corrected chi connectivity index (χ1v) is 11.2. The highest BCUT2D eigenvalue weighted by Crippen LogP contribution is 2.27. The van der Waals surface area contributed by atoms with E-state index in [0.29, 0.717) is 37.4 Å². The fourth-order valence-electron chi connectivity index (χ4n) is 4.13. The van der Waals surface area contributed by atoms with Crippen molar-refractivity contribution in [2.45, 2.75) is 45.6 Å². The number of carbonyl (C=O) groups is 2. The summed E-state index contributed by atoms with van der Waals surface area (Å²) in [4.78, 5) is 32.8. The average molecular weight is 445 g/mol. The van der Waals surface area contributed by atoms with Crippen LogP contribution < -0.4 is 10.6 Å². The molecule has 1 atom stereocenters. The largest absolute Gasteiger partial charge is 0.480 e. The van der Waals surface area contributed by atoms with E-state index in [-0.39, 0.29) is 5.78 Å². The number of hydrogen-bond donors (Lipinski definition) is 3. The maximum absolute atomic E-state index is 12.2. The number of anilines is 2. The number of ketones is 1. The van der Waals surface area contributed by atoms with Crippen molar-refractivity contribution in [1.29, 1.82) is 0 Å². The van der Waals surface area contributed by atoms with Crippen LogP contribution >= 0.6 is 0 Å².